The zero-order chi connectivity index (χ0) is 16.7. The van der Waals surface area contributed by atoms with Gasteiger partial charge in [-0.15, -0.1) is 0 Å². The fourth-order valence-electron chi connectivity index (χ4n) is 3.85. The number of benzene rings is 1. The number of aromatic nitrogens is 1. The van der Waals surface area contributed by atoms with Gasteiger partial charge in [0.15, 0.2) is 0 Å². The van der Waals surface area contributed by atoms with Gasteiger partial charge in [-0.1, -0.05) is 24.3 Å². The van der Waals surface area contributed by atoms with Crippen LogP contribution in [0, 0.1) is 12.3 Å². The van der Waals surface area contributed by atoms with Crippen LogP contribution in [0.2, 0.25) is 0 Å². The molecule has 2 atom stereocenters. The van der Waals surface area contributed by atoms with Gasteiger partial charge in [0.1, 0.15) is 11.4 Å². The molecule has 1 fully saturated rings. The minimum Gasteiger partial charge on any atom is -0.493 e. The molecule has 0 saturated carbocycles. The molecular weight excluding hydrogens is 304 g/mol. The van der Waals surface area contributed by atoms with E-state index in [2.05, 4.69) is 4.98 Å². The molecule has 5 heteroatoms. The number of fused-ring (bicyclic) bond motifs is 3. The molecule has 124 valence electrons. The topological polar surface area (TPSA) is 62.7 Å². The van der Waals surface area contributed by atoms with Gasteiger partial charge < -0.3 is 14.7 Å². The van der Waals surface area contributed by atoms with Crippen LogP contribution in [0.25, 0.3) is 0 Å². The number of hydrogen-bond acceptors (Lipinski definition) is 4. The molecule has 1 aromatic heterocycles. The van der Waals surface area contributed by atoms with Crippen molar-refractivity contribution in [2.45, 2.75) is 12.8 Å². The summed E-state index contributed by atoms with van der Waals surface area (Å²) in [6, 6.07) is 13.4. The van der Waals surface area contributed by atoms with E-state index in [1.165, 1.54) is 0 Å². The highest BCUT2D eigenvalue weighted by Crippen LogP contribution is 2.49. The predicted octanol–water partition coefficient (Wildman–Crippen LogP) is 2.00. The minimum atomic E-state index is -0.437. The lowest BCUT2D eigenvalue weighted by Crippen LogP contribution is -2.42. The number of aliphatic hydroxyl groups excluding tert-OH is 1. The molecule has 0 bridgehead atoms. The molecule has 0 aliphatic carbocycles. The summed E-state index contributed by atoms with van der Waals surface area (Å²) in [6.07, 6.45) is 0. The van der Waals surface area contributed by atoms with Crippen LogP contribution in [-0.4, -0.2) is 47.2 Å². The van der Waals surface area contributed by atoms with Crippen LogP contribution in [0.4, 0.5) is 0 Å². The van der Waals surface area contributed by atoms with E-state index in [0.717, 1.165) is 17.0 Å². The van der Waals surface area contributed by atoms with Gasteiger partial charge >= 0.3 is 0 Å². The summed E-state index contributed by atoms with van der Waals surface area (Å²) >= 11 is 0. The van der Waals surface area contributed by atoms with Crippen molar-refractivity contribution in [1.29, 1.82) is 0 Å². The van der Waals surface area contributed by atoms with Crippen LogP contribution in [-0.2, 0) is 0 Å². The van der Waals surface area contributed by atoms with Gasteiger partial charge in [0.05, 0.1) is 18.6 Å². The molecule has 1 aromatic carbocycles. The van der Waals surface area contributed by atoms with Crippen molar-refractivity contribution in [3.05, 3.63) is 59.4 Å². The number of aryl methyl sites for hydroxylation is 1. The van der Waals surface area contributed by atoms with Gasteiger partial charge in [-0.05, 0) is 30.7 Å². The maximum atomic E-state index is 12.9. The quantitative estimate of drug-likeness (QED) is 0.918. The lowest BCUT2D eigenvalue weighted by Gasteiger charge is -2.37. The first-order chi connectivity index (χ1) is 11.6. The van der Waals surface area contributed by atoms with Crippen molar-refractivity contribution in [3.8, 4) is 5.75 Å². The number of hydrogen-bond donors (Lipinski definition) is 1. The largest absolute Gasteiger partial charge is 0.493 e. The van der Waals surface area contributed by atoms with Crippen LogP contribution in [0.3, 0.4) is 0 Å². The maximum Gasteiger partial charge on any atom is 0.272 e. The van der Waals surface area contributed by atoms with Gasteiger partial charge in [-0.25, -0.2) is 4.98 Å². The number of aliphatic hydroxyl groups is 1. The van der Waals surface area contributed by atoms with Crippen LogP contribution in [0.1, 0.15) is 27.7 Å². The minimum absolute atomic E-state index is 0.00295. The highest BCUT2D eigenvalue weighted by atomic mass is 16.5. The second-order valence-electron chi connectivity index (χ2n) is 6.75. The fourth-order valence-corrected chi connectivity index (χ4v) is 3.85. The standard InChI is InChI=1S/C19H20N2O3/c1-13-5-4-7-16(20-13)18(23)21-9-15-14-6-2-3-8-17(14)24-12-19(15,10-21)11-22/h2-8,15,22H,9-12H2,1H3/t15?,19-/m1/s1. The number of likely N-dealkylation sites (tertiary alicyclic amines) is 1. The Labute approximate surface area is 140 Å². The molecule has 3 heterocycles. The SMILES string of the molecule is Cc1cccc(C(=O)N2CC3c4ccccc4OC[C@]3(CO)C2)n1. The maximum absolute atomic E-state index is 12.9. The van der Waals surface area contributed by atoms with E-state index < -0.39 is 5.41 Å². The molecule has 0 spiro atoms. The molecule has 1 unspecified atom stereocenters. The summed E-state index contributed by atoms with van der Waals surface area (Å²) < 4.78 is 5.87. The van der Waals surface area contributed by atoms with Gasteiger partial charge in [0, 0.05) is 24.7 Å². The van der Waals surface area contributed by atoms with Crippen molar-refractivity contribution in [3.63, 3.8) is 0 Å². The average Bonchev–Trinajstić information content (AvgIpc) is 3.02. The van der Waals surface area contributed by atoms with Gasteiger partial charge in [0.25, 0.3) is 5.91 Å². The predicted molar refractivity (Wildman–Crippen MR) is 89.1 cm³/mol. The summed E-state index contributed by atoms with van der Waals surface area (Å²) in [4.78, 5) is 19.0. The van der Waals surface area contributed by atoms with Gasteiger partial charge in [-0.2, -0.15) is 0 Å². The third-order valence-electron chi connectivity index (χ3n) is 5.17. The first kappa shape index (κ1) is 15.1. The molecule has 2 aliphatic heterocycles. The number of amides is 1. The van der Waals surface area contributed by atoms with Crippen LogP contribution < -0.4 is 4.74 Å². The molecule has 4 rings (SSSR count). The molecule has 1 N–H and O–H groups in total. The molecule has 1 amide bonds. The Morgan fingerprint density at radius 1 is 1.33 bits per heavy atom. The van der Waals surface area contributed by atoms with Gasteiger partial charge in [0.2, 0.25) is 0 Å². The van der Waals surface area contributed by atoms with Crippen molar-refractivity contribution in [1.82, 2.24) is 9.88 Å². The average molecular weight is 324 g/mol. The highest BCUT2D eigenvalue weighted by molar-refractivity contribution is 5.92. The third kappa shape index (κ3) is 2.27. The molecule has 24 heavy (non-hydrogen) atoms. The van der Waals surface area contributed by atoms with E-state index in [1.54, 1.807) is 11.0 Å². The van der Waals surface area contributed by atoms with E-state index in [9.17, 15) is 9.90 Å². The summed E-state index contributed by atoms with van der Waals surface area (Å²) in [7, 11) is 0. The molecule has 2 aromatic rings. The zero-order valence-electron chi connectivity index (χ0n) is 13.6. The summed E-state index contributed by atoms with van der Waals surface area (Å²) in [5.41, 5.74) is 1.91. The van der Waals surface area contributed by atoms with E-state index in [4.69, 9.17) is 4.74 Å². The Kier molecular flexibility index (Phi) is 3.53. The lowest BCUT2D eigenvalue weighted by molar-refractivity contribution is 0.0439. The Morgan fingerprint density at radius 3 is 2.96 bits per heavy atom. The second-order valence-corrected chi connectivity index (χ2v) is 6.75. The molecule has 1 saturated heterocycles. The smallest absolute Gasteiger partial charge is 0.272 e. The first-order valence-corrected chi connectivity index (χ1v) is 8.18. The monoisotopic (exact) mass is 324 g/mol. The van der Waals surface area contributed by atoms with E-state index in [1.807, 2.05) is 43.3 Å². The molecule has 5 nitrogen and oxygen atoms in total. The van der Waals surface area contributed by atoms with E-state index >= 15 is 0 Å². The number of pyridine rings is 1. The summed E-state index contributed by atoms with van der Waals surface area (Å²) in [6.45, 7) is 3.36. The second kappa shape index (κ2) is 5.60. The number of ether oxygens (including phenoxy) is 1. The number of carbonyl (C=O) groups is 1. The highest BCUT2D eigenvalue weighted by Gasteiger charge is 2.52. The lowest BCUT2D eigenvalue weighted by atomic mass is 9.74. The molecule has 2 aliphatic rings. The summed E-state index contributed by atoms with van der Waals surface area (Å²) in [5.74, 6) is 0.856. The van der Waals surface area contributed by atoms with E-state index in [0.29, 0.717) is 25.4 Å². The normalized spacial score (nSPS) is 24.9. The number of carbonyl (C=O) groups excluding carboxylic acids is 1. The Hall–Kier alpha value is -2.40. The van der Waals surface area contributed by atoms with E-state index in [-0.39, 0.29) is 18.4 Å². The number of rotatable bonds is 2. The van der Waals surface area contributed by atoms with Crippen LogP contribution in [0.5, 0.6) is 5.75 Å². The molecule has 0 radical (unpaired) electrons. The van der Waals surface area contributed by atoms with Gasteiger partial charge in [-0.3, -0.25) is 4.79 Å². The summed E-state index contributed by atoms with van der Waals surface area (Å²) in [5, 5.41) is 10.1. The Morgan fingerprint density at radius 2 is 2.17 bits per heavy atom. The third-order valence-corrected chi connectivity index (χ3v) is 5.17. The number of para-hydroxylation sites is 1. The van der Waals surface area contributed by atoms with Crippen LogP contribution >= 0.6 is 0 Å². The Bertz CT molecular complexity index is 792. The van der Waals surface area contributed by atoms with Crippen molar-refractivity contribution in [2.24, 2.45) is 5.41 Å². The molecular formula is C19H20N2O3. The zero-order valence-corrected chi connectivity index (χ0v) is 13.6. The fraction of sp³-hybridized carbons (Fsp3) is 0.368. The van der Waals surface area contributed by atoms with Crippen molar-refractivity contribution >= 4 is 5.91 Å². The van der Waals surface area contributed by atoms with Crippen molar-refractivity contribution in [2.75, 3.05) is 26.3 Å². The number of nitrogens with zero attached hydrogens (tertiary/aromatic N) is 2. The van der Waals surface area contributed by atoms with Crippen molar-refractivity contribution < 1.29 is 14.6 Å². The Balaban J connectivity index is 1.67. The van der Waals surface area contributed by atoms with Crippen LogP contribution in [0.15, 0.2) is 42.5 Å². The first-order valence-electron chi connectivity index (χ1n) is 8.18.